The third kappa shape index (κ3) is 3.80. The van der Waals surface area contributed by atoms with Gasteiger partial charge in [-0.15, -0.1) is 0 Å². The first-order valence-corrected chi connectivity index (χ1v) is 7.62. The van der Waals surface area contributed by atoms with Crippen molar-refractivity contribution in [1.82, 2.24) is 14.7 Å². The Labute approximate surface area is 117 Å². The maximum atomic E-state index is 6.00. The van der Waals surface area contributed by atoms with Crippen LogP contribution in [-0.2, 0) is 6.54 Å². The Morgan fingerprint density at radius 3 is 2.58 bits per heavy atom. The van der Waals surface area contributed by atoms with Crippen molar-refractivity contribution >= 4 is 0 Å². The van der Waals surface area contributed by atoms with Crippen molar-refractivity contribution in [2.24, 2.45) is 5.73 Å². The summed E-state index contributed by atoms with van der Waals surface area (Å²) >= 11 is 0. The molecule has 0 atom stereocenters. The molecule has 1 aromatic heterocycles. The summed E-state index contributed by atoms with van der Waals surface area (Å²) in [6, 6.07) is 1.57. The molecular formula is C15H28N4. The van der Waals surface area contributed by atoms with Gasteiger partial charge in [-0.05, 0) is 46.1 Å². The number of rotatable bonds is 5. The fraction of sp³-hybridized carbons (Fsp3) is 0.800. The topological polar surface area (TPSA) is 47.1 Å². The monoisotopic (exact) mass is 264 g/mol. The second kappa shape index (κ2) is 6.53. The average Bonchev–Trinajstić information content (AvgIpc) is 2.86. The summed E-state index contributed by atoms with van der Waals surface area (Å²) in [7, 11) is 0. The standard InChI is InChI=1S/C15H28N4/c1-4-18(15-7-5-14(16)6-8-15)10-13-9-17-19(11-13)12(2)3/h9,11-12,14-15H,4-8,10,16H2,1-3H3. The van der Waals surface area contributed by atoms with Crippen molar-refractivity contribution < 1.29 is 0 Å². The molecule has 4 nitrogen and oxygen atoms in total. The average molecular weight is 264 g/mol. The van der Waals surface area contributed by atoms with Crippen molar-refractivity contribution in [1.29, 1.82) is 0 Å². The number of hydrogen-bond acceptors (Lipinski definition) is 3. The normalized spacial score (nSPS) is 24.3. The summed E-state index contributed by atoms with van der Waals surface area (Å²) in [6.45, 7) is 8.70. The Bertz CT molecular complexity index is 377. The van der Waals surface area contributed by atoms with Crippen LogP contribution in [0.2, 0.25) is 0 Å². The molecule has 0 radical (unpaired) electrons. The fourth-order valence-corrected chi connectivity index (χ4v) is 2.94. The van der Waals surface area contributed by atoms with E-state index in [0.29, 0.717) is 18.1 Å². The summed E-state index contributed by atoms with van der Waals surface area (Å²) in [4.78, 5) is 2.58. The highest BCUT2D eigenvalue weighted by Crippen LogP contribution is 2.23. The van der Waals surface area contributed by atoms with E-state index < -0.39 is 0 Å². The Hall–Kier alpha value is -0.870. The van der Waals surface area contributed by atoms with Crippen LogP contribution in [0.25, 0.3) is 0 Å². The van der Waals surface area contributed by atoms with Crippen LogP contribution in [-0.4, -0.2) is 33.3 Å². The van der Waals surface area contributed by atoms with E-state index in [2.05, 4.69) is 37.0 Å². The number of nitrogens with zero attached hydrogens (tertiary/aromatic N) is 3. The van der Waals surface area contributed by atoms with Gasteiger partial charge in [-0.3, -0.25) is 9.58 Å². The minimum atomic E-state index is 0.429. The molecule has 19 heavy (non-hydrogen) atoms. The van der Waals surface area contributed by atoms with Gasteiger partial charge in [0.25, 0.3) is 0 Å². The van der Waals surface area contributed by atoms with Gasteiger partial charge in [0.15, 0.2) is 0 Å². The van der Waals surface area contributed by atoms with Gasteiger partial charge in [0.2, 0.25) is 0 Å². The van der Waals surface area contributed by atoms with Crippen molar-refractivity contribution in [3.63, 3.8) is 0 Å². The molecule has 4 heteroatoms. The van der Waals surface area contributed by atoms with Gasteiger partial charge in [0.1, 0.15) is 0 Å². The molecule has 2 N–H and O–H groups in total. The van der Waals surface area contributed by atoms with Crippen molar-refractivity contribution in [3.05, 3.63) is 18.0 Å². The van der Waals surface area contributed by atoms with Crippen LogP contribution in [0.3, 0.4) is 0 Å². The van der Waals surface area contributed by atoms with Crippen LogP contribution in [0, 0.1) is 0 Å². The first kappa shape index (κ1) is 14.5. The molecule has 1 aromatic rings. The lowest BCUT2D eigenvalue weighted by Gasteiger charge is -2.35. The molecule has 1 fully saturated rings. The summed E-state index contributed by atoms with van der Waals surface area (Å²) < 4.78 is 2.04. The molecular weight excluding hydrogens is 236 g/mol. The van der Waals surface area contributed by atoms with Crippen LogP contribution in [0.15, 0.2) is 12.4 Å². The lowest BCUT2D eigenvalue weighted by atomic mass is 9.90. The number of nitrogens with two attached hydrogens (primary N) is 1. The zero-order chi connectivity index (χ0) is 13.8. The van der Waals surface area contributed by atoms with Crippen LogP contribution < -0.4 is 5.73 Å². The molecule has 0 aromatic carbocycles. The summed E-state index contributed by atoms with van der Waals surface area (Å²) in [5.41, 5.74) is 7.32. The molecule has 0 bridgehead atoms. The summed E-state index contributed by atoms with van der Waals surface area (Å²) in [6.07, 6.45) is 9.03. The molecule has 0 amide bonds. The van der Waals surface area contributed by atoms with Gasteiger partial charge < -0.3 is 5.73 Å². The van der Waals surface area contributed by atoms with Crippen LogP contribution in [0.1, 0.15) is 58.1 Å². The largest absolute Gasteiger partial charge is 0.328 e. The van der Waals surface area contributed by atoms with Gasteiger partial charge in [0, 0.05) is 36.4 Å². The summed E-state index contributed by atoms with van der Waals surface area (Å²) in [5.74, 6) is 0. The molecule has 1 aliphatic rings. The molecule has 0 saturated heterocycles. The molecule has 0 spiro atoms. The van der Waals surface area contributed by atoms with E-state index in [9.17, 15) is 0 Å². The van der Waals surface area contributed by atoms with Crippen molar-refractivity contribution in [3.8, 4) is 0 Å². The van der Waals surface area contributed by atoms with Crippen LogP contribution in [0.4, 0.5) is 0 Å². The zero-order valence-corrected chi connectivity index (χ0v) is 12.5. The maximum absolute atomic E-state index is 6.00. The third-order valence-electron chi connectivity index (χ3n) is 4.23. The van der Waals surface area contributed by atoms with Crippen molar-refractivity contribution in [2.45, 2.75) is 71.1 Å². The van der Waals surface area contributed by atoms with E-state index >= 15 is 0 Å². The molecule has 2 rings (SSSR count). The Balaban J connectivity index is 1.94. The molecule has 1 saturated carbocycles. The van der Waals surface area contributed by atoms with Crippen LogP contribution >= 0.6 is 0 Å². The third-order valence-corrected chi connectivity index (χ3v) is 4.23. The summed E-state index contributed by atoms with van der Waals surface area (Å²) in [5, 5.41) is 4.43. The lowest BCUT2D eigenvalue weighted by molar-refractivity contribution is 0.149. The second-order valence-corrected chi connectivity index (χ2v) is 6.05. The van der Waals surface area contributed by atoms with E-state index in [1.165, 1.54) is 31.2 Å². The molecule has 1 heterocycles. The van der Waals surface area contributed by atoms with E-state index in [4.69, 9.17) is 5.73 Å². The van der Waals surface area contributed by atoms with Gasteiger partial charge in [-0.25, -0.2) is 0 Å². The van der Waals surface area contributed by atoms with E-state index in [-0.39, 0.29) is 0 Å². The fourth-order valence-electron chi connectivity index (χ4n) is 2.94. The van der Waals surface area contributed by atoms with Gasteiger partial charge in [-0.1, -0.05) is 6.92 Å². The minimum absolute atomic E-state index is 0.429. The Kier molecular flexibility index (Phi) is 4.99. The number of aromatic nitrogens is 2. The SMILES string of the molecule is CCN(Cc1cnn(C(C)C)c1)C1CCC(N)CC1. The van der Waals surface area contributed by atoms with Gasteiger partial charge in [-0.2, -0.15) is 5.10 Å². The molecule has 108 valence electrons. The van der Waals surface area contributed by atoms with Crippen LogP contribution in [0.5, 0.6) is 0 Å². The zero-order valence-electron chi connectivity index (χ0n) is 12.5. The Morgan fingerprint density at radius 1 is 1.37 bits per heavy atom. The lowest BCUT2D eigenvalue weighted by Crippen LogP contribution is -2.40. The second-order valence-electron chi connectivity index (χ2n) is 6.05. The van der Waals surface area contributed by atoms with Gasteiger partial charge in [0.05, 0.1) is 6.20 Å². The maximum Gasteiger partial charge on any atom is 0.0534 e. The minimum Gasteiger partial charge on any atom is -0.328 e. The molecule has 0 aliphatic heterocycles. The van der Waals surface area contributed by atoms with Crippen molar-refractivity contribution in [2.75, 3.05) is 6.54 Å². The van der Waals surface area contributed by atoms with Gasteiger partial charge >= 0.3 is 0 Å². The predicted octanol–water partition coefficient (Wildman–Crippen LogP) is 2.56. The first-order chi connectivity index (χ1) is 9.10. The predicted molar refractivity (Wildman–Crippen MR) is 78.9 cm³/mol. The van der Waals surface area contributed by atoms with E-state index in [1.807, 2.05) is 10.9 Å². The Morgan fingerprint density at radius 2 is 2.05 bits per heavy atom. The molecule has 1 aliphatic carbocycles. The highest BCUT2D eigenvalue weighted by molar-refractivity contribution is 5.04. The first-order valence-electron chi connectivity index (χ1n) is 7.62. The smallest absolute Gasteiger partial charge is 0.0534 e. The molecule has 0 unspecified atom stereocenters. The van der Waals surface area contributed by atoms with E-state index in [1.54, 1.807) is 0 Å². The highest BCUT2D eigenvalue weighted by Gasteiger charge is 2.23. The highest BCUT2D eigenvalue weighted by atomic mass is 15.3. The van der Waals surface area contributed by atoms with E-state index in [0.717, 1.165) is 13.1 Å². The number of hydrogen-bond donors (Lipinski definition) is 1. The quantitative estimate of drug-likeness (QED) is 0.889.